The van der Waals surface area contributed by atoms with Gasteiger partial charge in [-0.15, -0.1) is 0 Å². The van der Waals surface area contributed by atoms with Crippen molar-refractivity contribution in [3.8, 4) is 11.4 Å². The molecule has 6 nitrogen and oxygen atoms in total. The molecule has 0 spiro atoms. The standard InChI is InChI=1S/C21H19N5O/c1-26-17(12-19(25-26)20-14-22-9-10-23-20)13-24-21(27)11-16-7-4-6-15-5-2-3-8-18(15)16/h2-10,12,14H,11,13H2,1H3,(H,24,27). The molecule has 4 aromatic rings. The normalized spacial score (nSPS) is 10.9. The quantitative estimate of drug-likeness (QED) is 0.596. The van der Waals surface area contributed by atoms with Crippen LogP contribution in [0.1, 0.15) is 11.3 Å². The Morgan fingerprint density at radius 3 is 2.78 bits per heavy atom. The van der Waals surface area contributed by atoms with Crippen molar-refractivity contribution < 1.29 is 4.79 Å². The Morgan fingerprint density at radius 2 is 1.93 bits per heavy atom. The molecule has 0 fully saturated rings. The third-order valence-corrected chi connectivity index (χ3v) is 4.50. The van der Waals surface area contributed by atoms with Gasteiger partial charge in [-0.1, -0.05) is 42.5 Å². The van der Waals surface area contributed by atoms with Crippen LogP contribution in [0.5, 0.6) is 0 Å². The fraction of sp³-hybridized carbons (Fsp3) is 0.143. The molecule has 2 aromatic heterocycles. The summed E-state index contributed by atoms with van der Waals surface area (Å²) in [5.74, 6) is -0.0198. The number of aromatic nitrogens is 4. The molecule has 0 aliphatic rings. The number of fused-ring (bicyclic) bond motifs is 1. The lowest BCUT2D eigenvalue weighted by Crippen LogP contribution is -2.25. The Hall–Kier alpha value is -3.54. The summed E-state index contributed by atoms with van der Waals surface area (Å²) in [4.78, 5) is 20.8. The summed E-state index contributed by atoms with van der Waals surface area (Å²) in [6, 6.07) is 16.1. The highest BCUT2D eigenvalue weighted by Gasteiger charge is 2.11. The van der Waals surface area contributed by atoms with Crippen molar-refractivity contribution in [2.45, 2.75) is 13.0 Å². The minimum atomic E-state index is -0.0198. The highest BCUT2D eigenvalue weighted by molar-refractivity contribution is 5.90. The average molecular weight is 357 g/mol. The zero-order valence-corrected chi connectivity index (χ0v) is 15.0. The number of nitrogens with zero attached hydrogens (tertiary/aromatic N) is 4. The molecule has 2 aromatic carbocycles. The molecule has 27 heavy (non-hydrogen) atoms. The van der Waals surface area contributed by atoms with Crippen LogP contribution in [0.4, 0.5) is 0 Å². The van der Waals surface area contributed by atoms with Crippen LogP contribution in [0.3, 0.4) is 0 Å². The zero-order chi connectivity index (χ0) is 18.6. The molecule has 134 valence electrons. The van der Waals surface area contributed by atoms with Crippen LogP contribution in [-0.4, -0.2) is 25.7 Å². The number of rotatable bonds is 5. The highest BCUT2D eigenvalue weighted by Crippen LogP contribution is 2.19. The maximum atomic E-state index is 12.5. The van der Waals surface area contributed by atoms with E-state index in [1.54, 1.807) is 23.3 Å². The van der Waals surface area contributed by atoms with E-state index in [1.807, 2.05) is 43.4 Å². The number of benzene rings is 2. The van der Waals surface area contributed by atoms with Gasteiger partial charge in [-0.2, -0.15) is 5.10 Å². The van der Waals surface area contributed by atoms with Crippen molar-refractivity contribution in [2.75, 3.05) is 0 Å². The summed E-state index contributed by atoms with van der Waals surface area (Å²) >= 11 is 0. The van der Waals surface area contributed by atoms with Crippen LogP contribution in [0, 0.1) is 0 Å². The van der Waals surface area contributed by atoms with Gasteiger partial charge in [0.25, 0.3) is 0 Å². The van der Waals surface area contributed by atoms with Crippen LogP contribution in [0.2, 0.25) is 0 Å². The predicted octanol–water partition coefficient (Wildman–Crippen LogP) is 2.89. The first-order valence-corrected chi connectivity index (χ1v) is 8.73. The SMILES string of the molecule is Cn1nc(-c2cnccn2)cc1CNC(=O)Cc1cccc2ccccc12. The van der Waals surface area contributed by atoms with Crippen LogP contribution in [0.25, 0.3) is 22.2 Å². The Balaban J connectivity index is 1.44. The minimum Gasteiger partial charge on any atom is -0.350 e. The second-order valence-corrected chi connectivity index (χ2v) is 6.33. The zero-order valence-electron chi connectivity index (χ0n) is 15.0. The fourth-order valence-electron chi connectivity index (χ4n) is 3.10. The molecule has 0 radical (unpaired) electrons. The van der Waals surface area contributed by atoms with E-state index in [0.29, 0.717) is 18.7 Å². The molecule has 0 saturated carbocycles. The molecular formula is C21H19N5O. The number of aryl methyl sites for hydroxylation is 1. The Labute approximate surface area is 156 Å². The highest BCUT2D eigenvalue weighted by atomic mass is 16.1. The van der Waals surface area contributed by atoms with Crippen molar-refractivity contribution in [1.82, 2.24) is 25.1 Å². The van der Waals surface area contributed by atoms with Crippen LogP contribution in [-0.2, 0) is 24.8 Å². The lowest BCUT2D eigenvalue weighted by Gasteiger charge is -2.08. The summed E-state index contributed by atoms with van der Waals surface area (Å²) < 4.78 is 1.75. The van der Waals surface area contributed by atoms with E-state index in [9.17, 15) is 4.79 Å². The molecule has 0 aliphatic carbocycles. The van der Waals surface area contributed by atoms with E-state index < -0.39 is 0 Å². The maximum Gasteiger partial charge on any atom is 0.224 e. The summed E-state index contributed by atoms with van der Waals surface area (Å²) in [6.45, 7) is 0.410. The van der Waals surface area contributed by atoms with E-state index in [2.05, 4.69) is 32.5 Å². The van der Waals surface area contributed by atoms with Crippen molar-refractivity contribution >= 4 is 16.7 Å². The second-order valence-electron chi connectivity index (χ2n) is 6.33. The molecular weight excluding hydrogens is 338 g/mol. The van der Waals surface area contributed by atoms with Crippen molar-refractivity contribution in [3.05, 3.63) is 78.4 Å². The van der Waals surface area contributed by atoms with Gasteiger partial charge >= 0.3 is 0 Å². The van der Waals surface area contributed by atoms with E-state index in [1.165, 1.54) is 0 Å². The summed E-state index contributed by atoms with van der Waals surface area (Å²) in [6.07, 6.45) is 5.28. The molecule has 0 saturated heterocycles. The largest absolute Gasteiger partial charge is 0.350 e. The van der Waals surface area contributed by atoms with Gasteiger partial charge in [0.05, 0.1) is 24.9 Å². The van der Waals surface area contributed by atoms with E-state index in [0.717, 1.165) is 27.7 Å². The van der Waals surface area contributed by atoms with Crippen molar-refractivity contribution in [3.63, 3.8) is 0 Å². The third kappa shape index (κ3) is 3.69. The Bertz CT molecular complexity index is 1080. The van der Waals surface area contributed by atoms with Crippen LogP contribution < -0.4 is 5.32 Å². The van der Waals surface area contributed by atoms with E-state index in [4.69, 9.17) is 0 Å². The number of carbonyl (C=O) groups is 1. The number of nitrogens with one attached hydrogen (secondary N) is 1. The third-order valence-electron chi connectivity index (χ3n) is 4.50. The Morgan fingerprint density at radius 1 is 1.07 bits per heavy atom. The van der Waals surface area contributed by atoms with Gasteiger partial charge in [-0.25, -0.2) is 0 Å². The van der Waals surface area contributed by atoms with Crippen molar-refractivity contribution in [1.29, 1.82) is 0 Å². The Kier molecular flexibility index (Phi) is 4.61. The lowest BCUT2D eigenvalue weighted by atomic mass is 10.0. The van der Waals surface area contributed by atoms with Crippen molar-refractivity contribution in [2.24, 2.45) is 7.05 Å². The molecule has 0 bridgehead atoms. The van der Waals surface area contributed by atoms with Gasteiger partial charge < -0.3 is 5.32 Å². The summed E-state index contributed by atoms with van der Waals surface area (Å²) in [7, 11) is 1.85. The van der Waals surface area contributed by atoms with Gasteiger partial charge in [0.1, 0.15) is 11.4 Å². The topological polar surface area (TPSA) is 72.7 Å². The first kappa shape index (κ1) is 16.9. The molecule has 1 amide bonds. The summed E-state index contributed by atoms with van der Waals surface area (Å²) in [5, 5.41) is 9.68. The number of hydrogen-bond donors (Lipinski definition) is 1. The fourth-order valence-corrected chi connectivity index (χ4v) is 3.10. The maximum absolute atomic E-state index is 12.5. The number of hydrogen-bond acceptors (Lipinski definition) is 4. The van der Waals surface area contributed by atoms with E-state index in [-0.39, 0.29) is 5.91 Å². The molecule has 0 aliphatic heterocycles. The van der Waals surface area contributed by atoms with Gasteiger partial charge in [-0.3, -0.25) is 19.4 Å². The lowest BCUT2D eigenvalue weighted by molar-refractivity contribution is -0.120. The molecule has 4 rings (SSSR count). The van der Waals surface area contributed by atoms with Gasteiger partial charge in [0, 0.05) is 19.4 Å². The second kappa shape index (κ2) is 7.37. The van der Waals surface area contributed by atoms with Gasteiger partial charge in [0.15, 0.2) is 0 Å². The first-order chi connectivity index (χ1) is 13.2. The summed E-state index contributed by atoms with van der Waals surface area (Å²) in [5.41, 5.74) is 3.38. The smallest absolute Gasteiger partial charge is 0.224 e. The molecule has 0 unspecified atom stereocenters. The molecule has 1 N–H and O–H groups in total. The van der Waals surface area contributed by atoms with Crippen LogP contribution in [0.15, 0.2) is 67.1 Å². The molecule has 2 heterocycles. The minimum absolute atomic E-state index is 0.0198. The number of amides is 1. The number of carbonyl (C=O) groups excluding carboxylic acids is 1. The molecule has 6 heteroatoms. The average Bonchev–Trinajstić information content (AvgIpc) is 3.08. The van der Waals surface area contributed by atoms with E-state index >= 15 is 0 Å². The molecule has 0 atom stereocenters. The van der Waals surface area contributed by atoms with Crippen LogP contribution >= 0.6 is 0 Å². The monoisotopic (exact) mass is 357 g/mol. The van der Waals surface area contributed by atoms with Gasteiger partial charge in [-0.05, 0) is 22.4 Å². The predicted molar refractivity (Wildman–Crippen MR) is 104 cm³/mol. The van der Waals surface area contributed by atoms with Gasteiger partial charge in [0.2, 0.25) is 5.91 Å². The first-order valence-electron chi connectivity index (χ1n) is 8.73.